The van der Waals surface area contributed by atoms with Crippen LogP contribution in [0.25, 0.3) is 0 Å². The van der Waals surface area contributed by atoms with Crippen LogP contribution in [0.3, 0.4) is 0 Å². The number of benzene rings is 1. The van der Waals surface area contributed by atoms with E-state index in [9.17, 15) is 4.79 Å². The van der Waals surface area contributed by atoms with Gasteiger partial charge in [-0.3, -0.25) is 9.78 Å². The molecule has 4 nitrogen and oxygen atoms in total. The van der Waals surface area contributed by atoms with E-state index < -0.39 is 6.10 Å². The molecule has 0 fully saturated rings. The number of aromatic nitrogens is 1. The van der Waals surface area contributed by atoms with E-state index in [-0.39, 0.29) is 5.91 Å². The number of ether oxygens (including phenoxy) is 1. The zero-order chi connectivity index (χ0) is 15.9. The number of hydrogen-bond acceptors (Lipinski definition) is 4. The molecule has 1 aromatic heterocycles. The molecule has 1 unspecified atom stereocenters. The quantitative estimate of drug-likeness (QED) is 0.767. The lowest BCUT2D eigenvalue weighted by molar-refractivity contribution is -0.137. The number of pyridine rings is 1. The fourth-order valence-corrected chi connectivity index (χ4v) is 2.47. The van der Waals surface area contributed by atoms with Gasteiger partial charge in [-0.25, -0.2) is 0 Å². The van der Waals surface area contributed by atoms with Gasteiger partial charge in [0.1, 0.15) is 5.75 Å². The normalized spacial score (nSPS) is 11.8. The molecular formula is C17H20N2O2S. The molecule has 0 spiro atoms. The van der Waals surface area contributed by atoms with Gasteiger partial charge in [0.25, 0.3) is 5.91 Å². The van der Waals surface area contributed by atoms with E-state index >= 15 is 0 Å². The molecule has 2 aromatic rings. The minimum absolute atomic E-state index is 0.0502. The summed E-state index contributed by atoms with van der Waals surface area (Å²) >= 11 is 1.67. The summed E-state index contributed by atoms with van der Waals surface area (Å²) in [5, 5.41) is 0. The summed E-state index contributed by atoms with van der Waals surface area (Å²) in [5.74, 6) is 0.654. The van der Waals surface area contributed by atoms with Crippen molar-refractivity contribution < 1.29 is 9.53 Å². The first-order valence-corrected chi connectivity index (χ1v) is 8.27. The van der Waals surface area contributed by atoms with Gasteiger partial charge in [0.2, 0.25) is 0 Å². The Kier molecular flexibility index (Phi) is 5.83. The molecule has 22 heavy (non-hydrogen) atoms. The smallest absolute Gasteiger partial charge is 0.263 e. The van der Waals surface area contributed by atoms with Gasteiger partial charge in [0, 0.05) is 30.9 Å². The zero-order valence-electron chi connectivity index (χ0n) is 13.0. The highest BCUT2D eigenvalue weighted by Gasteiger charge is 2.19. The standard InChI is InChI=1S/C17H20N2O2S/c1-13(21-15-4-6-16(22-3)7-5-15)17(20)19(2)12-14-8-10-18-11-9-14/h4-11,13H,12H2,1-3H3. The third-order valence-corrected chi connectivity index (χ3v) is 4.01. The molecule has 2 rings (SSSR count). The molecule has 0 saturated carbocycles. The Morgan fingerprint density at radius 2 is 1.86 bits per heavy atom. The van der Waals surface area contributed by atoms with Crippen LogP contribution in [0.15, 0.2) is 53.7 Å². The van der Waals surface area contributed by atoms with Gasteiger partial charge in [0.15, 0.2) is 6.10 Å². The molecule has 0 N–H and O–H groups in total. The van der Waals surface area contributed by atoms with E-state index in [1.165, 1.54) is 4.90 Å². The minimum Gasteiger partial charge on any atom is -0.481 e. The van der Waals surface area contributed by atoms with Crippen LogP contribution in [0.1, 0.15) is 12.5 Å². The third kappa shape index (κ3) is 4.49. The second-order valence-corrected chi connectivity index (χ2v) is 5.87. The fourth-order valence-electron chi connectivity index (χ4n) is 2.06. The molecule has 0 aliphatic carbocycles. The topological polar surface area (TPSA) is 42.4 Å². The maximum absolute atomic E-state index is 12.4. The minimum atomic E-state index is -0.521. The molecule has 1 heterocycles. The zero-order valence-corrected chi connectivity index (χ0v) is 13.8. The first kappa shape index (κ1) is 16.4. The van der Waals surface area contributed by atoms with Crippen LogP contribution in [0.5, 0.6) is 5.75 Å². The van der Waals surface area contributed by atoms with E-state index in [4.69, 9.17) is 4.74 Å². The summed E-state index contributed by atoms with van der Waals surface area (Å²) in [6.07, 6.45) is 4.95. The van der Waals surface area contributed by atoms with Crippen LogP contribution >= 0.6 is 11.8 Å². The molecule has 1 amide bonds. The van der Waals surface area contributed by atoms with Crippen molar-refractivity contribution in [2.45, 2.75) is 24.5 Å². The van der Waals surface area contributed by atoms with E-state index in [1.54, 1.807) is 43.0 Å². The van der Waals surface area contributed by atoms with Crippen molar-refractivity contribution in [3.8, 4) is 5.75 Å². The molecule has 116 valence electrons. The Labute approximate surface area is 135 Å². The summed E-state index contributed by atoms with van der Waals surface area (Å²) < 4.78 is 5.72. The Balaban J connectivity index is 1.93. The van der Waals surface area contributed by atoms with E-state index in [2.05, 4.69) is 4.98 Å². The second-order valence-electron chi connectivity index (χ2n) is 4.99. The predicted octanol–water partition coefficient (Wildman–Crippen LogP) is 3.23. The summed E-state index contributed by atoms with van der Waals surface area (Å²) in [5.41, 5.74) is 1.04. The molecule has 1 aromatic carbocycles. The highest BCUT2D eigenvalue weighted by atomic mass is 32.2. The average molecular weight is 316 g/mol. The highest BCUT2D eigenvalue weighted by molar-refractivity contribution is 7.98. The third-order valence-electron chi connectivity index (χ3n) is 3.27. The highest BCUT2D eigenvalue weighted by Crippen LogP contribution is 2.20. The monoisotopic (exact) mass is 316 g/mol. The van der Waals surface area contributed by atoms with Gasteiger partial charge < -0.3 is 9.64 Å². The average Bonchev–Trinajstić information content (AvgIpc) is 2.55. The number of nitrogens with zero attached hydrogens (tertiary/aromatic N) is 2. The van der Waals surface area contributed by atoms with Gasteiger partial charge >= 0.3 is 0 Å². The van der Waals surface area contributed by atoms with Gasteiger partial charge in [-0.05, 0) is 55.1 Å². The number of thioether (sulfide) groups is 1. The Bertz CT molecular complexity index is 602. The van der Waals surface area contributed by atoms with Crippen molar-refractivity contribution in [3.05, 3.63) is 54.4 Å². The van der Waals surface area contributed by atoms with Crippen molar-refractivity contribution in [2.24, 2.45) is 0 Å². The lowest BCUT2D eigenvalue weighted by Crippen LogP contribution is -2.37. The number of rotatable bonds is 6. The summed E-state index contributed by atoms with van der Waals surface area (Å²) in [6.45, 7) is 2.31. The Hall–Kier alpha value is -2.01. The molecule has 0 saturated heterocycles. The lowest BCUT2D eigenvalue weighted by atomic mass is 10.2. The molecule has 1 atom stereocenters. The molecular weight excluding hydrogens is 296 g/mol. The predicted molar refractivity (Wildman–Crippen MR) is 89.0 cm³/mol. The maximum Gasteiger partial charge on any atom is 0.263 e. The first-order chi connectivity index (χ1) is 10.6. The molecule has 0 aliphatic rings. The van der Waals surface area contributed by atoms with Crippen molar-refractivity contribution in [3.63, 3.8) is 0 Å². The van der Waals surface area contributed by atoms with Crippen LogP contribution in [0, 0.1) is 0 Å². The van der Waals surface area contributed by atoms with Crippen molar-refractivity contribution in [1.82, 2.24) is 9.88 Å². The number of likely N-dealkylation sites (N-methyl/N-ethyl adjacent to an activating group) is 1. The molecule has 0 radical (unpaired) electrons. The fraction of sp³-hybridized carbons (Fsp3) is 0.294. The number of amides is 1. The second kappa shape index (κ2) is 7.84. The molecule has 0 bridgehead atoms. The number of hydrogen-bond donors (Lipinski definition) is 0. The number of carbonyl (C=O) groups excluding carboxylic acids is 1. The van der Waals surface area contributed by atoms with Crippen LogP contribution < -0.4 is 4.74 Å². The SMILES string of the molecule is CSc1ccc(OC(C)C(=O)N(C)Cc2ccncc2)cc1. The van der Waals surface area contributed by atoms with Crippen molar-refractivity contribution in [2.75, 3.05) is 13.3 Å². The first-order valence-electron chi connectivity index (χ1n) is 7.04. The summed E-state index contributed by atoms with van der Waals surface area (Å²) in [7, 11) is 1.78. The van der Waals surface area contributed by atoms with E-state index in [1.807, 2.05) is 42.7 Å². The van der Waals surface area contributed by atoms with E-state index in [0.717, 1.165) is 5.56 Å². The Morgan fingerprint density at radius 1 is 1.23 bits per heavy atom. The maximum atomic E-state index is 12.4. The van der Waals surface area contributed by atoms with Gasteiger partial charge in [-0.1, -0.05) is 0 Å². The van der Waals surface area contributed by atoms with Crippen molar-refractivity contribution >= 4 is 17.7 Å². The Morgan fingerprint density at radius 3 is 2.45 bits per heavy atom. The molecule has 5 heteroatoms. The largest absolute Gasteiger partial charge is 0.481 e. The van der Waals surface area contributed by atoms with Crippen LogP contribution in [-0.2, 0) is 11.3 Å². The van der Waals surface area contributed by atoms with Gasteiger partial charge in [-0.15, -0.1) is 11.8 Å². The van der Waals surface area contributed by atoms with Gasteiger partial charge in [0.05, 0.1) is 0 Å². The van der Waals surface area contributed by atoms with Crippen LogP contribution in [-0.4, -0.2) is 35.2 Å². The van der Waals surface area contributed by atoms with Crippen LogP contribution in [0.4, 0.5) is 0 Å². The van der Waals surface area contributed by atoms with E-state index in [0.29, 0.717) is 12.3 Å². The summed E-state index contributed by atoms with van der Waals surface area (Å²) in [4.78, 5) is 19.2. The van der Waals surface area contributed by atoms with Gasteiger partial charge in [-0.2, -0.15) is 0 Å². The van der Waals surface area contributed by atoms with Crippen LogP contribution in [0.2, 0.25) is 0 Å². The lowest BCUT2D eigenvalue weighted by Gasteiger charge is -2.22. The number of carbonyl (C=O) groups is 1. The molecule has 0 aliphatic heterocycles. The van der Waals surface area contributed by atoms with Crippen molar-refractivity contribution in [1.29, 1.82) is 0 Å². The summed E-state index contributed by atoms with van der Waals surface area (Å²) in [6, 6.07) is 11.5.